The predicted molar refractivity (Wildman–Crippen MR) is 98.5 cm³/mol. The largest absolute Gasteiger partial charge is 0.361 e. The summed E-state index contributed by atoms with van der Waals surface area (Å²) in [5.74, 6) is 0.639. The number of aryl methyl sites for hydroxylation is 2. The van der Waals surface area contributed by atoms with Crippen molar-refractivity contribution < 1.29 is 4.79 Å². The van der Waals surface area contributed by atoms with Crippen LogP contribution in [-0.2, 0) is 11.2 Å². The minimum atomic E-state index is 0.257. The van der Waals surface area contributed by atoms with Crippen molar-refractivity contribution >= 4 is 16.8 Å². The first-order valence-corrected chi connectivity index (χ1v) is 9.05. The highest BCUT2D eigenvalue weighted by atomic mass is 16.2. The Labute approximate surface area is 147 Å². The number of rotatable bonds is 4. The Bertz CT molecular complexity index is 879. The molecule has 5 heteroatoms. The fourth-order valence-electron chi connectivity index (χ4n) is 3.95. The number of amides is 1. The predicted octanol–water partition coefficient (Wildman–Crippen LogP) is 3.54. The van der Waals surface area contributed by atoms with Gasteiger partial charge < -0.3 is 9.88 Å². The van der Waals surface area contributed by atoms with Gasteiger partial charge in [0.25, 0.3) is 0 Å². The second kappa shape index (κ2) is 6.75. The molecule has 5 nitrogen and oxygen atoms in total. The van der Waals surface area contributed by atoms with Gasteiger partial charge in [-0.25, -0.2) is 0 Å². The highest BCUT2D eigenvalue weighted by Crippen LogP contribution is 2.28. The summed E-state index contributed by atoms with van der Waals surface area (Å²) in [7, 11) is 0. The highest BCUT2D eigenvalue weighted by molar-refractivity contribution is 5.84. The fraction of sp³-hybridized carbons (Fsp3) is 0.400. The standard InChI is InChI=1S/C20H24N4O/c1-14-11-22-23-20(14)16-5-4-10-24(13-16)19(25)9-8-15-12-21-18-7-3-2-6-17(15)18/h2-3,6-7,11-12,16,21H,4-5,8-10,13H2,1H3,(H,22,23). The van der Waals surface area contributed by atoms with E-state index >= 15 is 0 Å². The normalized spacial score (nSPS) is 18.0. The molecule has 2 N–H and O–H groups in total. The van der Waals surface area contributed by atoms with Crippen LogP contribution in [0, 0.1) is 6.92 Å². The van der Waals surface area contributed by atoms with Gasteiger partial charge in [0.05, 0.1) is 6.20 Å². The van der Waals surface area contributed by atoms with Crippen molar-refractivity contribution in [2.24, 2.45) is 0 Å². The lowest BCUT2D eigenvalue weighted by Gasteiger charge is -2.32. The minimum absolute atomic E-state index is 0.257. The van der Waals surface area contributed by atoms with Crippen molar-refractivity contribution in [3.63, 3.8) is 0 Å². The number of para-hydroxylation sites is 1. The number of fused-ring (bicyclic) bond motifs is 1. The quantitative estimate of drug-likeness (QED) is 0.765. The molecule has 1 atom stereocenters. The van der Waals surface area contributed by atoms with E-state index in [1.165, 1.54) is 22.2 Å². The van der Waals surface area contributed by atoms with Crippen LogP contribution in [0.25, 0.3) is 10.9 Å². The third-order valence-electron chi connectivity index (χ3n) is 5.33. The number of aromatic amines is 2. The Morgan fingerprint density at radius 1 is 1.36 bits per heavy atom. The lowest BCUT2D eigenvalue weighted by molar-refractivity contribution is -0.132. The van der Waals surface area contributed by atoms with E-state index in [1.54, 1.807) is 0 Å². The molecule has 1 fully saturated rings. The third-order valence-corrected chi connectivity index (χ3v) is 5.33. The van der Waals surface area contributed by atoms with Crippen LogP contribution in [0.1, 0.15) is 42.0 Å². The van der Waals surface area contributed by atoms with Crippen molar-refractivity contribution in [1.29, 1.82) is 0 Å². The number of hydrogen-bond donors (Lipinski definition) is 2. The molecule has 3 heterocycles. The number of nitrogens with zero attached hydrogens (tertiary/aromatic N) is 2. The van der Waals surface area contributed by atoms with Crippen LogP contribution >= 0.6 is 0 Å². The molecule has 2 aromatic heterocycles. The number of likely N-dealkylation sites (tertiary alicyclic amines) is 1. The number of aromatic nitrogens is 3. The summed E-state index contributed by atoms with van der Waals surface area (Å²) in [5, 5.41) is 8.47. The van der Waals surface area contributed by atoms with Gasteiger partial charge in [-0.15, -0.1) is 0 Å². The number of piperidine rings is 1. The molecule has 1 aromatic carbocycles. The summed E-state index contributed by atoms with van der Waals surface area (Å²) in [6.07, 6.45) is 7.43. The molecular weight excluding hydrogens is 312 g/mol. The van der Waals surface area contributed by atoms with Crippen molar-refractivity contribution in [2.75, 3.05) is 13.1 Å². The van der Waals surface area contributed by atoms with E-state index in [1.807, 2.05) is 29.4 Å². The van der Waals surface area contributed by atoms with Gasteiger partial charge in [0.1, 0.15) is 0 Å². The smallest absolute Gasteiger partial charge is 0.222 e. The van der Waals surface area contributed by atoms with Crippen molar-refractivity contribution in [1.82, 2.24) is 20.1 Å². The molecule has 130 valence electrons. The van der Waals surface area contributed by atoms with Crippen LogP contribution in [0.2, 0.25) is 0 Å². The van der Waals surface area contributed by atoms with Crippen LogP contribution < -0.4 is 0 Å². The molecule has 1 saturated heterocycles. The highest BCUT2D eigenvalue weighted by Gasteiger charge is 2.26. The summed E-state index contributed by atoms with van der Waals surface area (Å²) in [6, 6.07) is 8.26. The molecule has 1 unspecified atom stereocenters. The van der Waals surface area contributed by atoms with Gasteiger partial charge in [-0.05, 0) is 43.4 Å². The Morgan fingerprint density at radius 2 is 2.24 bits per heavy atom. The number of carbonyl (C=O) groups excluding carboxylic acids is 1. The number of carbonyl (C=O) groups is 1. The van der Waals surface area contributed by atoms with Crippen molar-refractivity contribution in [2.45, 2.75) is 38.5 Å². The van der Waals surface area contributed by atoms with E-state index in [2.05, 4.69) is 34.2 Å². The molecule has 0 spiro atoms. The number of nitrogens with one attached hydrogen (secondary N) is 2. The molecular formula is C20H24N4O. The van der Waals surface area contributed by atoms with E-state index in [0.29, 0.717) is 12.3 Å². The summed E-state index contributed by atoms with van der Waals surface area (Å²) < 4.78 is 0. The van der Waals surface area contributed by atoms with Crippen LogP contribution in [0.4, 0.5) is 0 Å². The van der Waals surface area contributed by atoms with Gasteiger partial charge in [0, 0.05) is 48.2 Å². The van der Waals surface area contributed by atoms with Crippen LogP contribution in [0.3, 0.4) is 0 Å². The van der Waals surface area contributed by atoms with Gasteiger partial charge in [-0.3, -0.25) is 9.89 Å². The summed E-state index contributed by atoms with van der Waals surface area (Å²) in [4.78, 5) is 18.0. The van der Waals surface area contributed by atoms with Crippen LogP contribution in [0.5, 0.6) is 0 Å². The SMILES string of the molecule is Cc1cn[nH]c1C1CCCN(C(=O)CCc2c[nH]c3ccccc23)C1. The maximum absolute atomic E-state index is 12.7. The Balaban J connectivity index is 1.40. The van der Waals surface area contributed by atoms with E-state index in [4.69, 9.17) is 0 Å². The van der Waals surface area contributed by atoms with Crippen LogP contribution in [0.15, 0.2) is 36.7 Å². The van der Waals surface area contributed by atoms with Crippen molar-refractivity contribution in [3.05, 3.63) is 53.5 Å². The molecule has 0 saturated carbocycles. The zero-order chi connectivity index (χ0) is 17.2. The number of H-pyrrole nitrogens is 2. The second-order valence-electron chi connectivity index (χ2n) is 7.01. The van der Waals surface area contributed by atoms with Gasteiger partial charge in [-0.1, -0.05) is 18.2 Å². The summed E-state index contributed by atoms with van der Waals surface area (Å²) in [6.45, 7) is 3.75. The van der Waals surface area contributed by atoms with Gasteiger partial charge >= 0.3 is 0 Å². The summed E-state index contributed by atoms with van der Waals surface area (Å²) in [5.41, 5.74) is 4.74. The molecule has 1 aliphatic heterocycles. The lowest BCUT2D eigenvalue weighted by atomic mass is 9.92. The molecule has 0 bridgehead atoms. The Hall–Kier alpha value is -2.56. The van der Waals surface area contributed by atoms with E-state index < -0.39 is 0 Å². The van der Waals surface area contributed by atoms with E-state index in [-0.39, 0.29) is 5.91 Å². The molecule has 1 amide bonds. The van der Waals surface area contributed by atoms with Crippen LogP contribution in [-0.4, -0.2) is 39.1 Å². The minimum Gasteiger partial charge on any atom is -0.361 e. The second-order valence-corrected chi connectivity index (χ2v) is 7.01. The first-order valence-electron chi connectivity index (χ1n) is 9.05. The Morgan fingerprint density at radius 3 is 3.08 bits per heavy atom. The van der Waals surface area contributed by atoms with Gasteiger partial charge in [-0.2, -0.15) is 5.10 Å². The van der Waals surface area contributed by atoms with Gasteiger partial charge in [0.15, 0.2) is 0 Å². The molecule has 0 aliphatic carbocycles. The third kappa shape index (κ3) is 3.18. The molecule has 25 heavy (non-hydrogen) atoms. The number of benzene rings is 1. The topological polar surface area (TPSA) is 64.8 Å². The van der Waals surface area contributed by atoms with Crippen molar-refractivity contribution in [3.8, 4) is 0 Å². The maximum atomic E-state index is 12.7. The summed E-state index contributed by atoms with van der Waals surface area (Å²) >= 11 is 0. The fourth-order valence-corrected chi connectivity index (χ4v) is 3.95. The molecule has 3 aromatic rings. The number of hydrogen-bond acceptors (Lipinski definition) is 2. The molecule has 0 radical (unpaired) electrons. The lowest BCUT2D eigenvalue weighted by Crippen LogP contribution is -2.39. The van der Waals surface area contributed by atoms with E-state index in [0.717, 1.165) is 37.9 Å². The average molecular weight is 336 g/mol. The zero-order valence-electron chi connectivity index (χ0n) is 14.6. The average Bonchev–Trinajstić information content (AvgIpc) is 3.26. The van der Waals surface area contributed by atoms with E-state index in [9.17, 15) is 4.79 Å². The molecule has 1 aliphatic rings. The maximum Gasteiger partial charge on any atom is 0.222 e. The zero-order valence-corrected chi connectivity index (χ0v) is 14.6. The first kappa shape index (κ1) is 15.9. The first-order chi connectivity index (χ1) is 12.2. The van der Waals surface area contributed by atoms with Gasteiger partial charge in [0.2, 0.25) is 5.91 Å². The molecule has 4 rings (SSSR count). The Kier molecular flexibility index (Phi) is 4.30. The monoisotopic (exact) mass is 336 g/mol.